The Morgan fingerprint density at radius 1 is 1.21 bits per heavy atom. The summed E-state index contributed by atoms with van der Waals surface area (Å²) in [5.41, 5.74) is 0.835. The van der Waals surface area contributed by atoms with Crippen LogP contribution in [0.15, 0.2) is 22.7 Å². The first kappa shape index (κ1) is 15.8. The zero-order valence-electron chi connectivity index (χ0n) is 10.4. The number of carbonyl (C=O) groups is 2. The Bertz CT molecular complexity index is 468. The van der Waals surface area contributed by atoms with Gasteiger partial charge in [-0.1, -0.05) is 33.6 Å². The molecular formula is C12H15BrClN3O2. The summed E-state index contributed by atoms with van der Waals surface area (Å²) in [6, 6.07) is 5.17. The Kier molecular flexibility index (Phi) is 6.66. The van der Waals surface area contributed by atoms with Crippen molar-refractivity contribution >= 4 is 39.5 Å². The standard InChI is InChI=1S/C12H15BrClN3O2/c1-8(18)15-4-5-16-12(19)17-7-9-2-3-10(13)6-11(9)14/h2-3,6H,4-5,7H2,1H3,(H,15,18)(H2,16,17,19). The van der Waals surface area contributed by atoms with E-state index in [1.165, 1.54) is 6.92 Å². The van der Waals surface area contributed by atoms with Gasteiger partial charge in [0.1, 0.15) is 0 Å². The van der Waals surface area contributed by atoms with E-state index in [1.54, 1.807) is 6.07 Å². The molecule has 5 nitrogen and oxygen atoms in total. The molecule has 0 atom stereocenters. The van der Waals surface area contributed by atoms with Crippen molar-refractivity contribution in [2.45, 2.75) is 13.5 Å². The molecule has 0 saturated carbocycles. The number of hydrogen-bond acceptors (Lipinski definition) is 2. The van der Waals surface area contributed by atoms with E-state index >= 15 is 0 Å². The van der Waals surface area contributed by atoms with Crippen molar-refractivity contribution in [1.29, 1.82) is 0 Å². The van der Waals surface area contributed by atoms with E-state index in [9.17, 15) is 9.59 Å². The van der Waals surface area contributed by atoms with Crippen LogP contribution in [-0.2, 0) is 11.3 Å². The highest BCUT2D eigenvalue weighted by Crippen LogP contribution is 2.20. The van der Waals surface area contributed by atoms with Crippen LogP contribution in [0.1, 0.15) is 12.5 Å². The van der Waals surface area contributed by atoms with E-state index in [2.05, 4.69) is 31.9 Å². The third-order valence-corrected chi connectivity index (χ3v) is 3.08. The Morgan fingerprint density at radius 3 is 2.53 bits per heavy atom. The molecule has 0 radical (unpaired) electrons. The van der Waals surface area contributed by atoms with Gasteiger partial charge in [-0.3, -0.25) is 4.79 Å². The minimum atomic E-state index is -0.302. The molecule has 7 heteroatoms. The van der Waals surface area contributed by atoms with Gasteiger partial charge in [-0.15, -0.1) is 0 Å². The molecular weight excluding hydrogens is 334 g/mol. The van der Waals surface area contributed by atoms with Crippen LogP contribution in [0.3, 0.4) is 0 Å². The molecule has 104 valence electrons. The zero-order valence-corrected chi connectivity index (χ0v) is 12.8. The van der Waals surface area contributed by atoms with Crippen LogP contribution in [0.2, 0.25) is 5.02 Å². The fourth-order valence-electron chi connectivity index (χ4n) is 1.32. The van der Waals surface area contributed by atoms with Crippen molar-refractivity contribution in [1.82, 2.24) is 16.0 Å². The first-order chi connectivity index (χ1) is 8.99. The SMILES string of the molecule is CC(=O)NCCNC(=O)NCc1ccc(Br)cc1Cl. The first-order valence-electron chi connectivity index (χ1n) is 5.69. The lowest BCUT2D eigenvalue weighted by molar-refractivity contribution is -0.118. The zero-order chi connectivity index (χ0) is 14.3. The molecule has 1 aromatic carbocycles. The van der Waals surface area contributed by atoms with Gasteiger partial charge < -0.3 is 16.0 Å². The van der Waals surface area contributed by atoms with Crippen molar-refractivity contribution in [3.8, 4) is 0 Å². The smallest absolute Gasteiger partial charge is 0.315 e. The van der Waals surface area contributed by atoms with Gasteiger partial charge in [0, 0.05) is 36.1 Å². The lowest BCUT2D eigenvalue weighted by atomic mass is 10.2. The topological polar surface area (TPSA) is 70.2 Å². The van der Waals surface area contributed by atoms with Crippen molar-refractivity contribution < 1.29 is 9.59 Å². The Morgan fingerprint density at radius 2 is 1.89 bits per heavy atom. The number of amides is 3. The summed E-state index contributed by atoms with van der Waals surface area (Å²) in [4.78, 5) is 22.1. The molecule has 1 rings (SSSR count). The summed E-state index contributed by atoms with van der Waals surface area (Å²) < 4.78 is 0.890. The van der Waals surface area contributed by atoms with Crippen LogP contribution in [-0.4, -0.2) is 25.0 Å². The third kappa shape index (κ3) is 6.45. The Balaban J connectivity index is 2.28. The summed E-state index contributed by atoms with van der Waals surface area (Å²) in [5.74, 6) is -0.121. The van der Waals surface area contributed by atoms with E-state index in [4.69, 9.17) is 11.6 Å². The summed E-state index contributed by atoms with van der Waals surface area (Å²) >= 11 is 9.34. The van der Waals surface area contributed by atoms with Gasteiger partial charge in [0.2, 0.25) is 5.91 Å². The van der Waals surface area contributed by atoms with Crippen molar-refractivity contribution in [2.75, 3.05) is 13.1 Å². The number of halogens is 2. The van der Waals surface area contributed by atoms with Crippen molar-refractivity contribution in [2.24, 2.45) is 0 Å². The van der Waals surface area contributed by atoms with Crippen LogP contribution in [0, 0.1) is 0 Å². The highest BCUT2D eigenvalue weighted by Gasteiger charge is 2.03. The average Bonchev–Trinajstić information content (AvgIpc) is 2.33. The molecule has 0 unspecified atom stereocenters. The number of benzene rings is 1. The van der Waals surface area contributed by atoms with E-state index in [-0.39, 0.29) is 11.9 Å². The highest BCUT2D eigenvalue weighted by atomic mass is 79.9. The fourth-order valence-corrected chi connectivity index (χ4v) is 2.06. The molecule has 0 aliphatic rings. The fraction of sp³-hybridized carbons (Fsp3) is 0.333. The molecule has 3 amide bonds. The largest absolute Gasteiger partial charge is 0.355 e. The molecule has 0 aliphatic carbocycles. The second-order valence-corrected chi connectivity index (χ2v) is 5.15. The van der Waals surface area contributed by atoms with E-state index in [1.807, 2.05) is 12.1 Å². The lowest BCUT2D eigenvalue weighted by Crippen LogP contribution is -2.39. The van der Waals surface area contributed by atoms with Crippen LogP contribution < -0.4 is 16.0 Å². The molecule has 0 heterocycles. The van der Waals surface area contributed by atoms with Gasteiger partial charge in [0.05, 0.1) is 0 Å². The van der Waals surface area contributed by atoms with Gasteiger partial charge in [-0.05, 0) is 17.7 Å². The third-order valence-electron chi connectivity index (χ3n) is 2.24. The second-order valence-electron chi connectivity index (χ2n) is 3.83. The Labute approximate surface area is 125 Å². The van der Waals surface area contributed by atoms with Gasteiger partial charge in [0.15, 0.2) is 0 Å². The number of rotatable bonds is 5. The average molecular weight is 349 g/mol. The summed E-state index contributed by atoms with van der Waals surface area (Å²) in [5, 5.41) is 8.48. The maximum Gasteiger partial charge on any atom is 0.315 e. The van der Waals surface area contributed by atoms with Crippen LogP contribution in [0.4, 0.5) is 4.79 Å². The van der Waals surface area contributed by atoms with Crippen LogP contribution in [0.25, 0.3) is 0 Å². The lowest BCUT2D eigenvalue weighted by Gasteiger charge is -2.09. The Hall–Kier alpha value is -1.27. The molecule has 0 bridgehead atoms. The van der Waals surface area contributed by atoms with Crippen molar-refractivity contribution in [3.05, 3.63) is 33.3 Å². The minimum absolute atomic E-state index is 0.121. The normalized spacial score (nSPS) is 9.84. The molecule has 3 N–H and O–H groups in total. The summed E-state index contributed by atoms with van der Waals surface area (Å²) in [7, 11) is 0. The number of urea groups is 1. The second kappa shape index (κ2) is 8.01. The van der Waals surface area contributed by atoms with Crippen LogP contribution in [0.5, 0.6) is 0 Å². The van der Waals surface area contributed by atoms with Crippen molar-refractivity contribution in [3.63, 3.8) is 0 Å². The molecule has 0 fully saturated rings. The quantitative estimate of drug-likeness (QED) is 0.713. The molecule has 1 aromatic rings. The molecule has 0 saturated heterocycles. The highest BCUT2D eigenvalue weighted by molar-refractivity contribution is 9.10. The molecule has 0 spiro atoms. The summed E-state index contributed by atoms with van der Waals surface area (Å²) in [6.07, 6.45) is 0. The number of hydrogen-bond donors (Lipinski definition) is 3. The predicted octanol–water partition coefficient (Wildman–Crippen LogP) is 2.04. The molecule has 0 aliphatic heterocycles. The van der Waals surface area contributed by atoms with Gasteiger partial charge in [0.25, 0.3) is 0 Å². The minimum Gasteiger partial charge on any atom is -0.355 e. The monoisotopic (exact) mass is 347 g/mol. The molecule has 19 heavy (non-hydrogen) atoms. The van der Waals surface area contributed by atoms with E-state index in [0.717, 1.165) is 10.0 Å². The first-order valence-corrected chi connectivity index (χ1v) is 6.86. The van der Waals surface area contributed by atoms with Gasteiger partial charge >= 0.3 is 6.03 Å². The maximum absolute atomic E-state index is 11.5. The number of carbonyl (C=O) groups excluding carboxylic acids is 2. The number of nitrogens with one attached hydrogen (secondary N) is 3. The van der Waals surface area contributed by atoms with Crippen LogP contribution >= 0.6 is 27.5 Å². The maximum atomic E-state index is 11.5. The van der Waals surface area contributed by atoms with E-state index < -0.39 is 0 Å². The predicted molar refractivity (Wildman–Crippen MR) is 78.1 cm³/mol. The van der Waals surface area contributed by atoms with Gasteiger partial charge in [-0.25, -0.2) is 4.79 Å². The van der Waals surface area contributed by atoms with E-state index in [0.29, 0.717) is 24.7 Å². The summed E-state index contributed by atoms with van der Waals surface area (Å²) in [6.45, 7) is 2.55. The van der Waals surface area contributed by atoms with Gasteiger partial charge in [-0.2, -0.15) is 0 Å². The molecule has 0 aromatic heterocycles.